The monoisotopic (exact) mass is 280 g/mol. The first-order valence-electron chi connectivity index (χ1n) is 7.76. The molecular weight excluding hydrogens is 252 g/mol. The number of rotatable bonds is 5. The van der Waals surface area contributed by atoms with Crippen molar-refractivity contribution in [1.82, 2.24) is 10.2 Å². The second kappa shape index (κ2) is 6.87. The van der Waals surface area contributed by atoms with Gasteiger partial charge in [-0.2, -0.15) is 0 Å². The van der Waals surface area contributed by atoms with Crippen LogP contribution in [0.2, 0.25) is 0 Å². The first kappa shape index (κ1) is 15.0. The Kier molecular flexibility index (Phi) is 5.43. The Morgan fingerprint density at radius 3 is 2.58 bits per heavy atom. The number of hydrogen-bond donors (Lipinski definition) is 1. The van der Waals surface area contributed by atoms with Gasteiger partial charge in [-0.15, -0.1) is 11.3 Å². The fourth-order valence-electron chi connectivity index (χ4n) is 3.00. The summed E-state index contributed by atoms with van der Waals surface area (Å²) in [7, 11) is 0. The Morgan fingerprint density at radius 2 is 1.95 bits per heavy atom. The SMILES string of the molecule is CCc1ccc(CN2CCCNC(CC)(CC)C2)s1. The molecule has 0 radical (unpaired) electrons. The van der Waals surface area contributed by atoms with Crippen molar-refractivity contribution in [1.29, 1.82) is 0 Å². The molecule has 1 N–H and O–H groups in total. The maximum atomic E-state index is 3.79. The lowest BCUT2D eigenvalue weighted by molar-refractivity contribution is 0.192. The number of thiophene rings is 1. The van der Waals surface area contributed by atoms with Crippen LogP contribution in [-0.4, -0.2) is 30.1 Å². The van der Waals surface area contributed by atoms with Gasteiger partial charge < -0.3 is 5.32 Å². The first-order chi connectivity index (χ1) is 9.21. The molecule has 1 aromatic heterocycles. The molecule has 1 saturated heterocycles. The molecule has 0 atom stereocenters. The predicted molar refractivity (Wildman–Crippen MR) is 84.9 cm³/mol. The molecule has 2 nitrogen and oxygen atoms in total. The fraction of sp³-hybridized carbons (Fsp3) is 0.750. The van der Waals surface area contributed by atoms with Crippen molar-refractivity contribution < 1.29 is 0 Å². The van der Waals surface area contributed by atoms with Crippen LogP contribution in [0.25, 0.3) is 0 Å². The van der Waals surface area contributed by atoms with E-state index in [0.717, 1.165) is 6.54 Å². The van der Waals surface area contributed by atoms with E-state index in [0.29, 0.717) is 5.54 Å². The minimum Gasteiger partial charge on any atom is -0.310 e. The van der Waals surface area contributed by atoms with Crippen molar-refractivity contribution in [3.8, 4) is 0 Å². The van der Waals surface area contributed by atoms with Crippen LogP contribution < -0.4 is 5.32 Å². The number of aryl methyl sites for hydroxylation is 1. The summed E-state index contributed by atoms with van der Waals surface area (Å²) in [6.45, 7) is 11.6. The molecule has 0 spiro atoms. The molecule has 19 heavy (non-hydrogen) atoms. The highest BCUT2D eigenvalue weighted by Crippen LogP contribution is 2.23. The Morgan fingerprint density at radius 1 is 1.21 bits per heavy atom. The minimum absolute atomic E-state index is 0.335. The molecule has 2 rings (SSSR count). The van der Waals surface area contributed by atoms with E-state index in [4.69, 9.17) is 0 Å². The summed E-state index contributed by atoms with van der Waals surface area (Å²) in [6.07, 6.45) is 4.89. The van der Waals surface area contributed by atoms with Gasteiger partial charge in [0.25, 0.3) is 0 Å². The molecule has 0 unspecified atom stereocenters. The van der Waals surface area contributed by atoms with Gasteiger partial charge in [-0.25, -0.2) is 0 Å². The topological polar surface area (TPSA) is 15.3 Å². The van der Waals surface area contributed by atoms with Crippen LogP contribution in [0.1, 0.15) is 49.8 Å². The highest BCUT2D eigenvalue weighted by molar-refractivity contribution is 7.11. The second-order valence-electron chi connectivity index (χ2n) is 5.70. The van der Waals surface area contributed by atoms with Gasteiger partial charge in [-0.05, 0) is 50.9 Å². The van der Waals surface area contributed by atoms with E-state index in [2.05, 4.69) is 43.1 Å². The maximum absolute atomic E-state index is 3.79. The van der Waals surface area contributed by atoms with E-state index in [1.54, 1.807) is 0 Å². The molecule has 1 fully saturated rings. The summed E-state index contributed by atoms with van der Waals surface area (Å²) in [5.41, 5.74) is 0.335. The van der Waals surface area contributed by atoms with E-state index < -0.39 is 0 Å². The van der Waals surface area contributed by atoms with Crippen LogP contribution in [0.15, 0.2) is 12.1 Å². The summed E-state index contributed by atoms with van der Waals surface area (Å²) in [5.74, 6) is 0. The molecule has 1 aliphatic heterocycles. The Hall–Kier alpha value is -0.380. The minimum atomic E-state index is 0.335. The van der Waals surface area contributed by atoms with Gasteiger partial charge in [0, 0.05) is 28.4 Å². The Balaban J connectivity index is 2.02. The summed E-state index contributed by atoms with van der Waals surface area (Å²) < 4.78 is 0. The first-order valence-corrected chi connectivity index (χ1v) is 8.58. The summed E-state index contributed by atoms with van der Waals surface area (Å²) in [6, 6.07) is 4.62. The van der Waals surface area contributed by atoms with E-state index in [-0.39, 0.29) is 0 Å². The van der Waals surface area contributed by atoms with Crippen molar-refractivity contribution >= 4 is 11.3 Å². The van der Waals surface area contributed by atoms with Gasteiger partial charge in [0.2, 0.25) is 0 Å². The van der Waals surface area contributed by atoms with Gasteiger partial charge in [0.1, 0.15) is 0 Å². The van der Waals surface area contributed by atoms with Crippen molar-refractivity contribution in [2.24, 2.45) is 0 Å². The molecule has 1 aromatic rings. The zero-order chi connectivity index (χ0) is 13.7. The van der Waals surface area contributed by atoms with Gasteiger partial charge in [0.05, 0.1) is 0 Å². The Labute approximate surface area is 122 Å². The van der Waals surface area contributed by atoms with Gasteiger partial charge in [0.15, 0.2) is 0 Å². The van der Waals surface area contributed by atoms with Crippen molar-refractivity contribution in [2.45, 2.75) is 58.5 Å². The summed E-state index contributed by atoms with van der Waals surface area (Å²) >= 11 is 1.99. The number of nitrogens with one attached hydrogen (secondary N) is 1. The molecule has 3 heteroatoms. The van der Waals surface area contributed by atoms with E-state index in [1.807, 2.05) is 11.3 Å². The van der Waals surface area contributed by atoms with Crippen LogP contribution in [0.3, 0.4) is 0 Å². The predicted octanol–water partition coefficient (Wildman–Crippen LogP) is 3.66. The third-order valence-corrected chi connectivity index (χ3v) is 5.69. The highest BCUT2D eigenvalue weighted by atomic mass is 32.1. The molecule has 0 aliphatic carbocycles. The molecule has 2 heterocycles. The van der Waals surface area contributed by atoms with Crippen molar-refractivity contribution in [2.75, 3.05) is 19.6 Å². The van der Waals surface area contributed by atoms with Crippen LogP contribution in [0.5, 0.6) is 0 Å². The third-order valence-electron chi connectivity index (χ3n) is 4.48. The fourth-order valence-corrected chi connectivity index (χ4v) is 4.00. The van der Waals surface area contributed by atoms with Crippen molar-refractivity contribution in [3.05, 3.63) is 21.9 Å². The molecule has 0 aromatic carbocycles. The summed E-state index contributed by atoms with van der Waals surface area (Å²) in [4.78, 5) is 5.69. The number of hydrogen-bond acceptors (Lipinski definition) is 3. The largest absolute Gasteiger partial charge is 0.310 e. The summed E-state index contributed by atoms with van der Waals surface area (Å²) in [5, 5.41) is 3.79. The average molecular weight is 280 g/mol. The van der Waals surface area contributed by atoms with Gasteiger partial charge in [-0.1, -0.05) is 20.8 Å². The molecular formula is C16H28N2S. The third kappa shape index (κ3) is 3.80. The van der Waals surface area contributed by atoms with E-state index >= 15 is 0 Å². The normalized spacial score (nSPS) is 20.4. The zero-order valence-corrected chi connectivity index (χ0v) is 13.5. The molecule has 0 amide bonds. The van der Waals surface area contributed by atoms with Crippen molar-refractivity contribution in [3.63, 3.8) is 0 Å². The van der Waals surface area contributed by atoms with Crippen LogP contribution in [0, 0.1) is 0 Å². The van der Waals surface area contributed by atoms with Gasteiger partial charge >= 0.3 is 0 Å². The zero-order valence-electron chi connectivity index (χ0n) is 12.7. The van der Waals surface area contributed by atoms with Crippen LogP contribution in [0.4, 0.5) is 0 Å². The highest BCUT2D eigenvalue weighted by Gasteiger charge is 2.30. The lowest BCUT2D eigenvalue weighted by Gasteiger charge is -2.35. The molecule has 0 bridgehead atoms. The smallest absolute Gasteiger partial charge is 0.0328 e. The second-order valence-corrected chi connectivity index (χ2v) is 6.95. The number of nitrogens with zero attached hydrogens (tertiary/aromatic N) is 1. The molecule has 1 aliphatic rings. The maximum Gasteiger partial charge on any atom is 0.0328 e. The standard InChI is InChI=1S/C16H28N2S/c1-4-14-8-9-15(19-14)12-18-11-7-10-17-16(5-2,6-3)13-18/h8-9,17H,4-7,10-13H2,1-3H3. The van der Waals surface area contributed by atoms with E-state index in [1.165, 1.54) is 55.1 Å². The lowest BCUT2D eigenvalue weighted by atomic mass is 9.92. The van der Waals surface area contributed by atoms with Gasteiger partial charge in [-0.3, -0.25) is 4.90 Å². The van der Waals surface area contributed by atoms with E-state index in [9.17, 15) is 0 Å². The van der Waals surface area contributed by atoms with Crippen LogP contribution >= 0.6 is 11.3 Å². The Bertz CT molecular complexity index is 382. The average Bonchev–Trinajstić information content (AvgIpc) is 2.79. The molecule has 0 saturated carbocycles. The van der Waals surface area contributed by atoms with Crippen LogP contribution in [-0.2, 0) is 13.0 Å². The quantitative estimate of drug-likeness (QED) is 0.885. The molecule has 108 valence electrons. The lowest BCUT2D eigenvalue weighted by Crippen LogP contribution is -2.50.